The SMILES string of the molecule is O=C(O)c1ccc2nc(CN3C[C@@H]4[C@H](C3)[C@H]4c3nc(OCc4ccc(Cl)cc4F)ccc3F)n(C[C@@H]3CCO3)c2c1. The fourth-order valence-corrected chi connectivity index (χ4v) is 6.31. The molecular weight excluding hydrogens is 554 g/mol. The van der Waals surface area contributed by atoms with Crippen LogP contribution >= 0.6 is 11.6 Å². The van der Waals surface area contributed by atoms with Crippen molar-refractivity contribution in [2.45, 2.75) is 38.1 Å². The number of carbonyl (C=O) groups is 1. The highest BCUT2D eigenvalue weighted by molar-refractivity contribution is 6.30. The van der Waals surface area contributed by atoms with Crippen molar-refractivity contribution < 1.29 is 28.2 Å². The molecule has 4 aromatic rings. The number of piperidine rings is 1. The molecule has 3 fully saturated rings. The van der Waals surface area contributed by atoms with Crippen LogP contribution in [0.15, 0.2) is 48.5 Å². The molecule has 8 nitrogen and oxygen atoms in total. The molecule has 41 heavy (non-hydrogen) atoms. The molecule has 1 aliphatic carbocycles. The number of aromatic nitrogens is 3. The first-order valence-electron chi connectivity index (χ1n) is 13.6. The highest BCUT2D eigenvalue weighted by Gasteiger charge is 2.57. The summed E-state index contributed by atoms with van der Waals surface area (Å²) in [6.07, 6.45) is 1.05. The van der Waals surface area contributed by atoms with E-state index in [0.29, 0.717) is 29.4 Å². The number of hydrogen-bond donors (Lipinski definition) is 1. The van der Waals surface area contributed by atoms with Crippen molar-refractivity contribution in [3.8, 4) is 5.88 Å². The second-order valence-corrected chi connectivity index (χ2v) is 11.5. The minimum Gasteiger partial charge on any atom is -0.478 e. The Labute approximate surface area is 239 Å². The van der Waals surface area contributed by atoms with Gasteiger partial charge in [0.15, 0.2) is 0 Å². The standard InChI is InChI=1S/C30H27ClF2N4O4/c31-18-3-1-17(23(33)10-18)15-41-27-6-4-22(32)29(35-27)28-20-12-36(13-21(20)28)14-26-34-24-5-2-16(30(38)39)9-25(24)37(26)11-19-7-8-40-19/h1-6,9-10,19-21,28H,7-8,11-15H2,(H,38,39)/t19-,20-,21+,28+/m0/s1. The van der Waals surface area contributed by atoms with E-state index in [1.165, 1.54) is 18.2 Å². The van der Waals surface area contributed by atoms with E-state index in [0.717, 1.165) is 43.0 Å². The third-order valence-electron chi connectivity index (χ3n) is 8.44. The number of aromatic carboxylic acids is 1. The van der Waals surface area contributed by atoms with E-state index in [-0.39, 0.29) is 47.7 Å². The van der Waals surface area contributed by atoms with Gasteiger partial charge in [0.1, 0.15) is 24.1 Å². The zero-order valence-corrected chi connectivity index (χ0v) is 22.7. The van der Waals surface area contributed by atoms with E-state index < -0.39 is 11.8 Å². The number of halogens is 3. The zero-order valence-electron chi connectivity index (χ0n) is 22.0. The molecule has 0 bridgehead atoms. The predicted octanol–water partition coefficient (Wildman–Crippen LogP) is 5.27. The van der Waals surface area contributed by atoms with Crippen molar-refractivity contribution in [3.63, 3.8) is 0 Å². The highest BCUT2D eigenvalue weighted by atomic mass is 35.5. The van der Waals surface area contributed by atoms with E-state index in [1.54, 1.807) is 30.3 Å². The molecule has 0 radical (unpaired) electrons. The van der Waals surface area contributed by atoms with Crippen molar-refractivity contribution in [2.75, 3.05) is 19.7 Å². The van der Waals surface area contributed by atoms with E-state index in [9.17, 15) is 18.7 Å². The van der Waals surface area contributed by atoms with Crippen LogP contribution in [0.5, 0.6) is 5.88 Å². The molecule has 3 aliphatic rings. The Morgan fingerprint density at radius 2 is 1.88 bits per heavy atom. The van der Waals surface area contributed by atoms with Crippen molar-refractivity contribution in [2.24, 2.45) is 11.8 Å². The second-order valence-electron chi connectivity index (χ2n) is 11.0. The summed E-state index contributed by atoms with van der Waals surface area (Å²) in [6, 6.07) is 12.2. The number of hydrogen-bond acceptors (Lipinski definition) is 6. The van der Waals surface area contributed by atoms with Crippen LogP contribution in [0.2, 0.25) is 5.02 Å². The van der Waals surface area contributed by atoms with Crippen molar-refractivity contribution in [1.29, 1.82) is 0 Å². The minimum atomic E-state index is -0.973. The van der Waals surface area contributed by atoms with Crippen molar-refractivity contribution >= 4 is 28.6 Å². The Hall–Kier alpha value is -3.60. The van der Waals surface area contributed by atoms with Gasteiger partial charge in [0, 0.05) is 42.3 Å². The number of benzene rings is 2. The van der Waals surface area contributed by atoms with Crippen LogP contribution in [0.1, 0.15) is 39.8 Å². The Morgan fingerprint density at radius 3 is 2.59 bits per heavy atom. The van der Waals surface area contributed by atoms with Gasteiger partial charge in [-0.1, -0.05) is 17.7 Å². The largest absolute Gasteiger partial charge is 0.478 e. The van der Waals surface area contributed by atoms with Gasteiger partial charge in [-0.15, -0.1) is 0 Å². The first-order valence-corrected chi connectivity index (χ1v) is 14.0. The van der Waals surface area contributed by atoms with Crippen LogP contribution < -0.4 is 4.74 Å². The maximum atomic E-state index is 14.8. The van der Waals surface area contributed by atoms with Crippen molar-refractivity contribution in [3.05, 3.63) is 87.8 Å². The first kappa shape index (κ1) is 26.3. The van der Waals surface area contributed by atoms with Gasteiger partial charge in [-0.2, -0.15) is 0 Å². The van der Waals surface area contributed by atoms with Gasteiger partial charge in [-0.3, -0.25) is 4.90 Å². The van der Waals surface area contributed by atoms with Gasteiger partial charge in [0.05, 0.1) is 41.5 Å². The number of pyridine rings is 1. The molecule has 1 N–H and O–H groups in total. The smallest absolute Gasteiger partial charge is 0.335 e. The lowest BCUT2D eigenvalue weighted by atomic mass is 10.1. The number of rotatable bonds is 9. The molecular formula is C30H27ClF2N4O4. The molecule has 2 aliphatic heterocycles. The third kappa shape index (κ3) is 5.05. The summed E-state index contributed by atoms with van der Waals surface area (Å²) >= 11 is 5.82. The lowest BCUT2D eigenvalue weighted by molar-refractivity contribution is -0.0591. The van der Waals surface area contributed by atoms with E-state index in [4.69, 9.17) is 26.1 Å². The lowest BCUT2D eigenvalue weighted by Gasteiger charge is -2.28. The third-order valence-corrected chi connectivity index (χ3v) is 8.68. The maximum Gasteiger partial charge on any atom is 0.335 e. The fourth-order valence-electron chi connectivity index (χ4n) is 6.15. The normalized spacial score (nSPS) is 23.4. The molecule has 0 spiro atoms. The average Bonchev–Trinajstić information content (AvgIpc) is 3.23. The molecule has 1 saturated carbocycles. The summed E-state index contributed by atoms with van der Waals surface area (Å²) in [4.78, 5) is 23.2. The summed E-state index contributed by atoms with van der Waals surface area (Å²) < 4.78 is 42.4. The molecule has 2 aromatic heterocycles. The van der Waals surface area contributed by atoms with Crippen LogP contribution in [0.3, 0.4) is 0 Å². The van der Waals surface area contributed by atoms with E-state index >= 15 is 0 Å². The maximum absolute atomic E-state index is 14.8. The molecule has 4 heterocycles. The molecule has 4 atom stereocenters. The summed E-state index contributed by atoms with van der Waals surface area (Å²) in [7, 11) is 0. The topological polar surface area (TPSA) is 89.7 Å². The molecule has 212 valence electrons. The van der Waals surface area contributed by atoms with Gasteiger partial charge in [-0.05, 0) is 54.7 Å². The number of fused-ring (bicyclic) bond motifs is 2. The number of carboxylic acids is 1. The highest BCUT2D eigenvalue weighted by Crippen LogP contribution is 2.58. The van der Waals surface area contributed by atoms with Crippen LogP contribution in [0, 0.1) is 23.5 Å². The van der Waals surface area contributed by atoms with Crippen LogP contribution in [-0.4, -0.2) is 56.3 Å². The summed E-state index contributed by atoms with van der Waals surface area (Å²) in [5, 5.41) is 9.79. The van der Waals surface area contributed by atoms with Gasteiger partial charge >= 0.3 is 5.97 Å². The van der Waals surface area contributed by atoms with Gasteiger partial charge in [0.25, 0.3) is 0 Å². The van der Waals surface area contributed by atoms with Crippen molar-refractivity contribution in [1.82, 2.24) is 19.4 Å². The molecule has 2 aromatic carbocycles. The summed E-state index contributed by atoms with van der Waals surface area (Å²) in [6.45, 7) is 3.49. The van der Waals surface area contributed by atoms with Gasteiger partial charge in [0.2, 0.25) is 5.88 Å². The Morgan fingerprint density at radius 1 is 1.07 bits per heavy atom. The minimum absolute atomic E-state index is 0.00221. The molecule has 0 amide bonds. The molecule has 2 saturated heterocycles. The second kappa shape index (κ2) is 10.3. The number of nitrogens with zero attached hydrogens (tertiary/aromatic N) is 4. The summed E-state index contributed by atoms with van der Waals surface area (Å²) in [5.41, 5.74) is 2.51. The number of imidazole rings is 1. The Bertz CT molecular complexity index is 1650. The van der Waals surface area contributed by atoms with Crippen LogP contribution in [0.4, 0.5) is 8.78 Å². The number of likely N-dealkylation sites (tertiary alicyclic amines) is 1. The monoisotopic (exact) mass is 580 g/mol. The van der Waals surface area contributed by atoms with Crippen LogP contribution in [-0.2, 0) is 24.4 Å². The summed E-state index contributed by atoms with van der Waals surface area (Å²) in [5.74, 6) is -0.137. The quantitative estimate of drug-likeness (QED) is 0.288. The molecule has 7 rings (SSSR count). The molecule has 0 unspecified atom stereocenters. The Balaban J connectivity index is 1.04. The predicted molar refractivity (Wildman–Crippen MR) is 146 cm³/mol. The van der Waals surface area contributed by atoms with Gasteiger partial charge in [-0.25, -0.2) is 23.5 Å². The van der Waals surface area contributed by atoms with E-state index in [2.05, 4.69) is 14.5 Å². The number of carboxylic acid groups (broad SMARTS) is 1. The number of ether oxygens (including phenoxy) is 2. The van der Waals surface area contributed by atoms with Gasteiger partial charge < -0.3 is 19.1 Å². The Kier molecular flexibility index (Phi) is 6.64. The first-order chi connectivity index (χ1) is 19.8. The fraction of sp³-hybridized carbons (Fsp3) is 0.367. The van der Waals surface area contributed by atoms with Crippen LogP contribution in [0.25, 0.3) is 11.0 Å². The molecule has 11 heteroatoms. The average molecular weight is 581 g/mol. The lowest BCUT2D eigenvalue weighted by Crippen LogP contribution is -2.33. The van der Waals surface area contributed by atoms with E-state index in [1.807, 2.05) is 0 Å². The zero-order chi connectivity index (χ0) is 28.2.